The zero-order chi connectivity index (χ0) is 19.0. The summed E-state index contributed by atoms with van der Waals surface area (Å²) < 4.78 is 5.88. The predicted octanol–water partition coefficient (Wildman–Crippen LogP) is 3.66. The van der Waals surface area contributed by atoms with E-state index in [9.17, 15) is 4.79 Å². The second kappa shape index (κ2) is 7.47. The lowest BCUT2D eigenvalue weighted by atomic mass is 9.92. The van der Waals surface area contributed by atoms with Gasteiger partial charge in [0.05, 0.1) is 5.69 Å². The maximum atomic E-state index is 12.9. The minimum atomic E-state index is -0.0479. The SMILES string of the molecule is Cc1ccccc1CN1CCc2oc(C(=O)N3C[C@H](C)C[C@@H](C)C3)nc2C1. The van der Waals surface area contributed by atoms with E-state index in [1.165, 1.54) is 17.5 Å². The van der Waals surface area contributed by atoms with Crippen molar-refractivity contribution in [3.8, 4) is 0 Å². The van der Waals surface area contributed by atoms with Gasteiger partial charge in [0.15, 0.2) is 0 Å². The Hall–Kier alpha value is -2.14. The molecule has 4 rings (SSSR count). The Labute approximate surface area is 161 Å². The van der Waals surface area contributed by atoms with E-state index in [-0.39, 0.29) is 11.8 Å². The number of piperidine rings is 1. The number of aryl methyl sites for hydroxylation is 1. The zero-order valence-electron chi connectivity index (χ0n) is 16.6. The van der Waals surface area contributed by atoms with Crippen LogP contribution in [0.3, 0.4) is 0 Å². The van der Waals surface area contributed by atoms with E-state index in [0.29, 0.717) is 11.8 Å². The molecule has 27 heavy (non-hydrogen) atoms. The van der Waals surface area contributed by atoms with E-state index < -0.39 is 0 Å². The number of nitrogens with zero attached hydrogens (tertiary/aromatic N) is 3. The van der Waals surface area contributed by atoms with Gasteiger partial charge in [-0.3, -0.25) is 9.69 Å². The number of amides is 1. The maximum absolute atomic E-state index is 12.9. The third-order valence-electron chi connectivity index (χ3n) is 5.80. The summed E-state index contributed by atoms with van der Waals surface area (Å²) in [4.78, 5) is 21.8. The molecule has 1 aromatic carbocycles. The molecule has 0 N–H and O–H groups in total. The molecular weight excluding hydrogens is 338 g/mol. The van der Waals surface area contributed by atoms with Gasteiger partial charge in [0, 0.05) is 39.1 Å². The second-order valence-electron chi connectivity index (χ2n) is 8.43. The van der Waals surface area contributed by atoms with E-state index in [1.54, 1.807) is 0 Å². The Bertz CT molecular complexity index is 819. The van der Waals surface area contributed by atoms with Crippen LogP contribution in [0.2, 0.25) is 0 Å². The molecule has 2 aromatic rings. The fourth-order valence-corrected chi connectivity index (χ4v) is 4.47. The average Bonchev–Trinajstić information content (AvgIpc) is 3.05. The molecule has 0 spiro atoms. The van der Waals surface area contributed by atoms with Crippen LogP contribution in [0, 0.1) is 18.8 Å². The topological polar surface area (TPSA) is 49.6 Å². The monoisotopic (exact) mass is 367 g/mol. The third kappa shape index (κ3) is 3.93. The lowest BCUT2D eigenvalue weighted by Crippen LogP contribution is -2.42. The Kier molecular flexibility index (Phi) is 5.04. The van der Waals surface area contributed by atoms with Gasteiger partial charge in [0.2, 0.25) is 0 Å². The van der Waals surface area contributed by atoms with Gasteiger partial charge in [-0.2, -0.15) is 0 Å². The van der Waals surface area contributed by atoms with E-state index in [0.717, 1.165) is 50.6 Å². The minimum Gasteiger partial charge on any atom is -0.437 e. The number of hydrogen-bond donors (Lipinski definition) is 0. The summed E-state index contributed by atoms with van der Waals surface area (Å²) in [5.74, 6) is 2.18. The van der Waals surface area contributed by atoms with Gasteiger partial charge < -0.3 is 9.32 Å². The van der Waals surface area contributed by atoms with Crippen LogP contribution in [-0.4, -0.2) is 40.3 Å². The summed E-state index contributed by atoms with van der Waals surface area (Å²) in [6, 6.07) is 8.50. The normalized spacial score (nSPS) is 23.3. The molecule has 5 heteroatoms. The second-order valence-corrected chi connectivity index (χ2v) is 8.43. The van der Waals surface area contributed by atoms with Gasteiger partial charge in [-0.15, -0.1) is 0 Å². The molecule has 1 amide bonds. The molecule has 144 valence electrons. The van der Waals surface area contributed by atoms with Crippen LogP contribution in [0.15, 0.2) is 28.7 Å². The van der Waals surface area contributed by atoms with Gasteiger partial charge in [-0.05, 0) is 36.3 Å². The van der Waals surface area contributed by atoms with Crippen molar-refractivity contribution in [3.63, 3.8) is 0 Å². The van der Waals surface area contributed by atoms with Crippen LogP contribution in [0.4, 0.5) is 0 Å². The standard InChI is InChI=1S/C22H29N3O2/c1-15-10-16(2)12-25(11-15)22(26)21-23-19-14-24(9-8-20(19)27-21)13-18-7-5-4-6-17(18)3/h4-7,15-16H,8-14H2,1-3H3/t15-,16-/m1/s1. The van der Waals surface area contributed by atoms with Crippen LogP contribution < -0.4 is 0 Å². The number of likely N-dealkylation sites (tertiary alicyclic amines) is 1. The third-order valence-corrected chi connectivity index (χ3v) is 5.80. The highest BCUT2D eigenvalue weighted by molar-refractivity contribution is 5.89. The summed E-state index contributed by atoms with van der Waals surface area (Å²) in [5, 5.41) is 0. The molecule has 0 radical (unpaired) electrons. The highest BCUT2D eigenvalue weighted by Crippen LogP contribution is 2.25. The zero-order valence-corrected chi connectivity index (χ0v) is 16.6. The van der Waals surface area contributed by atoms with Gasteiger partial charge in [0.1, 0.15) is 5.76 Å². The number of benzene rings is 1. The summed E-state index contributed by atoms with van der Waals surface area (Å²) in [6.45, 7) is 10.8. The molecule has 1 saturated heterocycles. The maximum Gasteiger partial charge on any atom is 0.309 e. The van der Waals surface area contributed by atoms with E-state index in [4.69, 9.17) is 4.42 Å². The van der Waals surface area contributed by atoms with Gasteiger partial charge in [-0.25, -0.2) is 4.98 Å². The molecule has 1 fully saturated rings. The van der Waals surface area contributed by atoms with Crippen molar-refractivity contribution in [2.75, 3.05) is 19.6 Å². The first-order chi connectivity index (χ1) is 13.0. The number of oxazole rings is 1. The Morgan fingerprint density at radius 1 is 1.22 bits per heavy atom. The molecule has 0 aliphatic carbocycles. The van der Waals surface area contributed by atoms with Crippen molar-refractivity contribution in [1.82, 2.24) is 14.8 Å². The lowest BCUT2D eigenvalue weighted by Gasteiger charge is -2.34. The van der Waals surface area contributed by atoms with Crippen molar-refractivity contribution < 1.29 is 9.21 Å². The van der Waals surface area contributed by atoms with Crippen molar-refractivity contribution >= 4 is 5.91 Å². The number of carbonyl (C=O) groups excluding carboxylic acids is 1. The van der Waals surface area contributed by atoms with Gasteiger partial charge in [0.25, 0.3) is 5.89 Å². The Morgan fingerprint density at radius 3 is 2.70 bits per heavy atom. The Balaban J connectivity index is 1.45. The fraction of sp³-hybridized carbons (Fsp3) is 0.545. The summed E-state index contributed by atoms with van der Waals surface area (Å²) in [6.07, 6.45) is 1.99. The molecule has 2 aliphatic rings. The highest BCUT2D eigenvalue weighted by atomic mass is 16.4. The number of aromatic nitrogens is 1. The van der Waals surface area contributed by atoms with Crippen molar-refractivity contribution in [1.29, 1.82) is 0 Å². The quantitative estimate of drug-likeness (QED) is 0.831. The van der Waals surface area contributed by atoms with Crippen LogP contribution in [0.5, 0.6) is 0 Å². The first-order valence-corrected chi connectivity index (χ1v) is 10.0. The summed E-state index contributed by atoms with van der Waals surface area (Å²) in [7, 11) is 0. The molecule has 0 bridgehead atoms. The molecular formula is C22H29N3O2. The number of carbonyl (C=O) groups is 1. The van der Waals surface area contributed by atoms with Crippen molar-refractivity contribution in [3.05, 3.63) is 52.7 Å². The van der Waals surface area contributed by atoms with E-state index in [1.807, 2.05) is 4.90 Å². The fourth-order valence-electron chi connectivity index (χ4n) is 4.47. The molecule has 3 heterocycles. The molecule has 5 nitrogen and oxygen atoms in total. The van der Waals surface area contributed by atoms with Crippen molar-refractivity contribution in [2.24, 2.45) is 11.8 Å². The molecule has 0 saturated carbocycles. The summed E-state index contributed by atoms with van der Waals surface area (Å²) in [5.41, 5.74) is 3.58. The minimum absolute atomic E-state index is 0.0479. The smallest absolute Gasteiger partial charge is 0.309 e. The van der Waals surface area contributed by atoms with Gasteiger partial charge in [-0.1, -0.05) is 38.1 Å². The predicted molar refractivity (Wildman–Crippen MR) is 104 cm³/mol. The average molecular weight is 367 g/mol. The number of rotatable bonds is 3. The largest absolute Gasteiger partial charge is 0.437 e. The number of hydrogen-bond acceptors (Lipinski definition) is 4. The molecule has 1 aromatic heterocycles. The molecule has 2 aliphatic heterocycles. The first kappa shape index (κ1) is 18.2. The highest BCUT2D eigenvalue weighted by Gasteiger charge is 2.31. The van der Waals surface area contributed by atoms with Crippen LogP contribution in [0.25, 0.3) is 0 Å². The summed E-state index contributed by atoms with van der Waals surface area (Å²) >= 11 is 0. The lowest BCUT2D eigenvalue weighted by molar-refractivity contribution is 0.0581. The van der Waals surface area contributed by atoms with Crippen LogP contribution >= 0.6 is 0 Å². The van der Waals surface area contributed by atoms with Crippen molar-refractivity contribution in [2.45, 2.75) is 46.7 Å². The Morgan fingerprint density at radius 2 is 1.96 bits per heavy atom. The van der Waals surface area contributed by atoms with E-state index >= 15 is 0 Å². The van der Waals surface area contributed by atoms with Crippen LogP contribution in [0.1, 0.15) is 53.5 Å². The molecule has 0 unspecified atom stereocenters. The van der Waals surface area contributed by atoms with E-state index in [2.05, 4.69) is 54.9 Å². The number of fused-ring (bicyclic) bond motifs is 1. The molecule has 2 atom stereocenters. The van der Waals surface area contributed by atoms with Gasteiger partial charge >= 0.3 is 5.91 Å². The first-order valence-electron chi connectivity index (χ1n) is 10.0. The van der Waals surface area contributed by atoms with Crippen LogP contribution in [-0.2, 0) is 19.5 Å².